The Kier molecular flexibility index (Phi) is 7.15. The third kappa shape index (κ3) is 6.06. The van der Waals surface area contributed by atoms with Crippen LogP contribution >= 0.6 is 0 Å². The molecule has 1 fully saturated rings. The summed E-state index contributed by atoms with van der Waals surface area (Å²) < 4.78 is 29.4. The van der Waals surface area contributed by atoms with E-state index in [0.717, 1.165) is 24.1 Å². The first-order valence-corrected chi connectivity index (χ1v) is 11.9. The van der Waals surface area contributed by atoms with Gasteiger partial charge < -0.3 is 9.47 Å². The lowest BCUT2D eigenvalue weighted by Crippen LogP contribution is -2.44. The van der Waals surface area contributed by atoms with Crippen molar-refractivity contribution in [2.24, 2.45) is 13.0 Å². The fourth-order valence-corrected chi connectivity index (χ4v) is 4.78. The van der Waals surface area contributed by atoms with E-state index in [0.29, 0.717) is 13.1 Å². The summed E-state index contributed by atoms with van der Waals surface area (Å²) in [6, 6.07) is 13.2. The van der Waals surface area contributed by atoms with Crippen molar-refractivity contribution >= 4 is 22.0 Å². The van der Waals surface area contributed by atoms with Crippen LogP contribution in [0.2, 0.25) is 0 Å². The maximum Gasteiger partial charge on any atom is 0.238 e. The van der Waals surface area contributed by atoms with Crippen molar-refractivity contribution in [3.63, 3.8) is 0 Å². The van der Waals surface area contributed by atoms with Crippen molar-refractivity contribution in [3.8, 4) is 0 Å². The molecule has 6 nitrogen and oxygen atoms in total. The van der Waals surface area contributed by atoms with Gasteiger partial charge in [-0.25, -0.2) is 8.42 Å². The zero-order valence-corrected chi connectivity index (χ0v) is 18.8. The van der Waals surface area contributed by atoms with Crippen LogP contribution in [0.1, 0.15) is 37.9 Å². The van der Waals surface area contributed by atoms with Crippen molar-refractivity contribution in [2.45, 2.75) is 39.3 Å². The third-order valence-corrected chi connectivity index (χ3v) is 6.71. The Morgan fingerprint density at radius 3 is 2.43 bits per heavy atom. The molecule has 1 aromatic heterocycles. The van der Waals surface area contributed by atoms with Crippen LogP contribution in [0.4, 0.5) is 0 Å². The molecule has 2 aromatic rings. The molecule has 0 aliphatic heterocycles. The van der Waals surface area contributed by atoms with E-state index in [1.54, 1.807) is 11.0 Å². The summed E-state index contributed by atoms with van der Waals surface area (Å²) >= 11 is 0. The van der Waals surface area contributed by atoms with Crippen molar-refractivity contribution in [2.75, 3.05) is 13.1 Å². The highest BCUT2D eigenvalue weighted by Crippen LogP contribution is 2.30. The summed E-state index contributed by atoms with van der Waals surface area (Å²) in [4.78, 5) is 14.9. The Bertz CT molecular complexity index is 976. The van der Waals surface area contributed by atoms with Crippen LogP contribution in [0.5, 0.6) is 0 Å². The molecular weight excluding hydrogens is 398 g/mol. The Morgan fingerprint density at radius 1 is 1.17 bits per heavy atom. The monoisotopic (exact) mass is 429 g/mol. The number of amides is 1. The largest absolute Gasteiger partial charge is 0.353 e. The first kappa shape index (κ1) is 22.3. The predicted molar refractivity (Wildman–Crippen MR) is 120 cm³/mol. The standard InChI is InChI=1S/C23H31N3O3S/c1-19(2)16-25(17-22-10-7-14-24(22)3)23(27)18-26(21-11-12-21)30(28,29)15-13-20-8-5-4-6-9-20/h4-10,13-15,19,21H,11-12,16-18H2,1-3H3. The molecular formula is C23H31N3O3S. The van der Waals surface area contributed by atoms with Crippen LogP contribution in [0.15, 0.2) is 54.1 Å². The van der Waals surface area contributed by atoms with Crippen LogP contribution in [0.25, 0.3) is 6.08 Å². The number of hydrogen-bond donors (Lipinski definition) is 0. The van der Waals surface area contributed by atoms with Gasteiger partial charge in [0.2, 0.25) is 15.9 Å². The molecule has 0 unspecified atom stereocenters. The highest BCUT2D eigenvalue weighted by Gasteiger charge is 2.38. The first-order chi connectivity index (χ1) is 14.3. The van der Waals surface area contributed by atoms with Crippen molar-refractivity contribution in [3.05, 3.63) is 65.3 Å². The van der Waals surface area contributed by atoms with Gasteiger partial charge in [-0.05, 0) is 42.5 Å². The molecule has 162 valence electrons. The normalized spacial score (nSPS) is 14.7. The zero-order chi connectivity index (χ0) is 21.7. The first-order valence-electron chi connectivity index (χ1n) is 10.4. The summed E-state index contributed by atoms with van der Waals surface area (Å²) in [6.45, 7) is 5.05. The second kappa shape index (κ2) is 9.62. The van der Waals surface area contributed by atoms with Gasteiger partial charge >= 0.3 is 0 Å². The van der Waals surface area contributed by atoms with Gasteiger partial charge in [0.15, 0.2) is 0 Å². The molecule has 0 spiro atoms. The van der Waals surface area contributed by atoms with Gasteiger partial charge in [0.1, 0.15) is 0 Å². The van der Waals surface area contributed by atoms with Crippen LogP contribution < -0.4 is 0 Å². The Hall–Kier alpha value is -2.38. The second-order valence-corrected chi connectivity index (χ2v) is 10.1. The van der Waals surface area contributed by atoms with Crippen LogP contribution in [-0.4, -0.2) is 47.2 Å². The molecule has 7 heteroatoms. The summed E-state index contributed by atoms with van der Waals surface area (Å²) in [6.07, 6.45) is 5.13. The van der Waals surface area contributed by atoms with Crippen molar-refractivity contribution < 1.29 is 13.2 Å². The van der Waals surface area contributed by atoms with E-state index in [1.807, 2.05) is 60.3 Å². The molecule has 30 heavy (non-hydrogen) atoms. The van der Waals surface area contributed by atoms with Crippen LogP contribution in [0.3, 0.4) is 0 Å². The number of carbonyl (C=O) groups excluding carboxylic acids is 1. The number of rotatable bonds is 10. The zero-order valence-electron chi connectivity index (χ0n) is 17.9. The molecule has 1 aliphatic rings. The minimum absolute atomic E-state index is 0.0877. The van der Waals surface area contributed by atoms with E-state index in [2.05, 4.69) is 13.8 Å². The van der Waals surface area contributed by atoms with Gasteiger partial charge in [-0.1, -0.05) is 44.2 Å². The van der Waals surface area contributed by atoms with E-state index in [-0.39, 0.29) is 24.4 Å². The molecule has 1 aliphatic carbocycles. The number of carbonyl (C=O) groups is 1. The average molecular weight is 430 g/mol. The Labute approximate surface area is 179 Å². The molecule has 0 bridgehead atoms. The summed E-state index contributed by atoms with van der Waals surface area (Å²) in [5, 5.41) is 1.22. The van der Waals surface area contributed by atoms with Gasteiger partial charge in [0.25, 0.3) is 0 Å². The third-order valence-electron chi connectivity index (χ3n) is 5.15. The van der Waals surface area contributed by atoms with E-state index >= 15 is 0 Å². The van der Waals surface area contributed by atoms with Gasteiger partial charge in [-0.3, -0.25) is 4.79 Å². The molecule has 1 saturated carbocycles. The molecule has 0 atom stereocenters. The number of benzene rings is 1. The molecule has 1 heterocycles. The highest BCUT2D eigenvalue weighted by atomic mass is 32.2. The van der Waals surface area contributed by atoms with Crippen molar-refractivity contribution in [1.82, 2.24) is 13.8 Å². The van der Waals surface area contributed by atoms with E-state index in [9.17, 15) is 13.2 Å². The molecule has 1 aromatic carbocycles. The minimum Gasteiger partial charge on any atom is -0.353 e. The number of hydrogen-bond acceptors (Lipinski definition) is 3. The Morgan fingerprint density at radius 2 is 1.87 bits per heavy atom. The van der Waals surface area contributed by atoms with Gasteiger partial charge in [0, 0.05) is 36.9 Å². The summed E-state index contributed by atoms with van der Waals surface area (Å²) in [5.41, 5.74) is 1.84. The fourth-order valence-electron chi connectivity index (χ4n) is 3.38. The van der Waals surface area contributed by atoms with Crippen LogP contribution in [0, 0.1) is 5.92 Å². The molecule has 3 rings (SSSR count). The average Bonchev–Trinajstić information content (AvgIpc) is 3.46. The molecule has 0 N–H and O–H groups in total. The van der Waals surface area contributed by atoms with E-state index in [4.69, 9.17) is 0 Å². The molecule has 0 radical (unpaired) electrons. The summed E-state index contributed by atoms with van der Waals surface area (Å²) in [5.74, 6) is 0.131. The van der Waals surface area contributed by atoms with Gasteiger partial charge in [-0.2, -0.15) is 4.31 Å². The maximum absolute atomic E-state index is 13.2. The maximum atomic E-state index is 13.2. The number of sulfonamides is 1. The van der Waals surface area contributed by atoms with Crippen molar-refractivity contribution in [1.29, 1.82) is 0 Å². The quantitative estimate of drug-likeness (QED) is 0.581. The second-order valence-electron chi connectivity index (χ2n) is 8.31. The molecule has 1 amide bonds. The summed E-state index contributed by atoms with van der Waals surface area (Å²) in [7, 11) is -1.74. The fraction of sp³-hybridized carbons (Fsp3) is 0.435. The lowest BCUT2D eigenvalue weighted by atomic mass is 10.2. The topological polar surface area (TPSA) is 62.6 Å². The lowest BCUT2D eigenvalue weighted by molar-refractivity contribution is -0.132. The lowest BCUT2D eigenvalue weighted by Gasteiger charge is -2.28. The number of aryl methyl sites for hydroxylation is 1. The molecule has 0 saturated heterocycles. The highest BCUT2D eigenvalue weighted by molar-refractivity contribution is 7.92. The van der Waals surface area contributed by atoms with Gasteiger partial charge in [0.05, 0.1) is 13.1 Å². The smallest absolute Gasteiger partial charge is 0.238 e. The van der Waals surface area contributed by atoms with E-state index < -0.39 is 10.0 Å². The predicted octanol–water partition coefficient (Wildman–Crippen LogP) is 3.47. The van der Waals surface area contributed by atoms with E-state index in [1.165, 1.54) is 9.71 Å². The number of nitrogens with zero attached hydrogens (tertiary/aromatic N) is 3. The minimum atomic E-state index is -3.68. The Balaban J connectivity index is 1.75. The SMILES string of the molecule is CC(C)CN(Cc1cccn1C)C(=O)CN(C1CC1)S(=O)(=O)C=Cc1ccccc1. The number of aromatic nitrogens is 1. The van der Waals surface area contributed by atoms with Crippen LogP contribution in [-0.2, 0) is 28.4 Å². The van der Waals surface area contributed by atoms with Gasteiger partial charge in [-0.15, -0.1) is 0 Å².